The summed E-state index contributed by atoms with van der Waals surface area (Å²) < 4.78 is 5.34. The van der Waals surface area contributed by atoms with Gasteiger partial charge < -0.3 is 10.1 Å². The first-order chi connectivity index (χ1) is 12.6. The van der Waals surface area contributed by atoms with Crippen molar-refractivity contribution in [1.29, 1.82) is 0 Å². The highest BCUT2D eigenvalue weighted by molar-refractivity contribution is 6.33. The summed E-state index contributed by atoms with van der Waals surface area (Å²) in [4.78, 5) is 28.8. The minimum absolute atomic E-state index is 0.0828. The number of para-hydroxylation sites is 1. The van der Waals surface area contributed by atoms with Crippen molar-refractivity contribution in [1.82, 2.24) is 10.3 Å². The number of nitrogens with zero attached hydrogens (tertiary/aromatic N) is 1. The number of esters is 1. The van der Waals surface area contributed by atoms with Crippen molar-refractivity contribution in [2.24, 2.45) is 0 Å². The first-order valence-corrected chi connectivity index (χ1v) is 8.48. The Hall–Kier alpha value is -2.92. The van der Waals surface area contributed by atoms with Gasteiger partial charge in [0.15, 0.2) is 0 Å². The van der Waals surface area contributed by atoms with Crippen LogP contribution in [0.2, 0.25) is 5.02 Å². The molecular weight excluding hydrogens is 352 g/mol. The summed E-state index contributed by atoms with van der Waals surface area (Å²) in [5.41, 5.74) is 1.91. The summed E-state index contributed by atoms with van der Waals surface area (Å²) in [6, 6.07) is 15.3. The number of hydrogen-bond donors (Lipinski definition) is 1. The third kappa shape index (κ3) is 4.00. The van der Waals surface area contributed by atoms with E-state index in [-0.39, 0.29) is 6.61 Å². The van der Waals surface area contributed by atoms with Crippen LogP contribution in [0, 0.1) is 0 Å². The molecule has 0 fully saturated rings. The van der Waals surface area contributed by atoms with Crippen LogP contribution in [-0.4, -0.2) is 22.9 Å². The number of rotatable bonds is 5. The number of hydrogen-bond acceptors (Lipinski definition) is 4. The molecule has 0 bridgehead atoms. The number of pyridine rings is 1. The van der Waals surface area contributed by atoms with Gasteiger partial charge >= 0.3 is 5.97 Å². The molecule has 26 heavy (non-hydrogen) atoms. The van der Waals surface area contributed by atoms with E-state index in [1.165, 1.54) is 0 Å². The lowest BCUT2D eigenvalue weighted by Gasteiger charge is -2.14. The minimum atomic E-state index is -0.804. The molecule has 1 N–H and O–H groups in total. The summed E-state index contributed by atoms with van der Waals surface area (Å²) in [6.07, 6.45) is 1.69. The van der Waals surface area contributed by atoms with Crippen LogP contribution in [0.5, 0.6) is 0 Å². The van der Waals surface area contributed by atoms with Crippen LogP contribution in [0.15, 0.2) is 60.8 Å². The van der Waals surface area contributed by atoms with Crippen LogP contribution in [0.3, 0.4) is 0 Å². The number of amides is 1. The molecule has 0 saturated carbocycles. The normalized spacial score (nSPS) is 11.8. The van der Waals surface area contributed by atoms with Crippen LogP contribution in [0.4, 0.5) is 0 Å². The number of benzene rings is 2. The predicted molar refractivity (Wildman–Crippen MR) is 99.9 cm³/mol. The maximum absolute atomic E-state index is 12.2. The second-order valence-electron chi connectivity index (χ2n) is 5.77. The molecule has 0 aliphatic rings. The average molecular weight is 369 g/mol. The Balaban J connectivity index is 1.62. The van der Waals surface area contributed by atoms with Crippen LogP contribution in [-0.2, 0) is 16.1 Å². The van der Waals surface area contributed by atoms with E-state index >= 15 is 0 Å². The lowest BCUT2D eigenvalue weighted by molar-refractivity contribution is -0.146. The van der Waals surface area contributed by atoms with E-state index in [9.17, 15) is 9.59 Å². The molecule has 3 rings (SSSR count). The van der Waals surface area contributed by atoms with Crippen LogP contribution in [0.25, 0.3) is 10.9 Å². The topological polar surface area (TPSA) is 68.3 Å². The number of nitrogens with one attached hydrogen (secondary N) is 1. The number of aromatic nitrogens is 1. The predicted octanol–water partition coefficient (Wildman–Crippen LogP) is 3.75. The van der Waals surface area contributed by atoms with Crippen molar-refractivity contribution in [2.45, 2.75) is 19.6 Å². The Morgan fingerprint density at radius 3 is 2.69 bits per heavy atom. The van der Waals surface area contributed by atoms with Gasteiger partial charge in [-0.05, 0) is 25.1 Å². The highest BCUT2D eigenvalue weighted by Gasteiger charge is 2.19. The molecule has 3 aromatic rings. The Morgan fingerprint density at radius 2 is 1.88 bits per heavy atom. The van der Waals surface area contributed by atoms with E-state index in [2.05, 4.69) is 10.3 Å². The molecule has 0 aliphatic carbocycles. The summed E-state index contributed by atoms with van der Waals surface area (Å²) in [5.74, 6) is -0.954. The third-order valence-electron chi connectivity index (χ3n) is 3.91. The van der Waals surface area contributed by atoms with Gasteiger partial charge in [-0.15, -0.1) is 0 Å². The quantitative estimate of drug-likeness (QED) is 0.696. The molecule has 0 saturated heterocycles. The molecule has 6 heteroatoms. The van der Waals surface area contributed by atoms with Crippen LogP contribution < -0.4 is 5.32 Å². The summed E-state index contributed by atoms with van der Waals surface area (Å²) in [5, 5.41) is 3.90. The van der Waals surface area contributed by atoms with Crippen molar-refractivity contribution in [2.75, 3.05) is 0 Å². The Morgan fingerprint density at radius 1 is 1.12 bits per heavy atom. The van der Waals surface area contributed by atoms with Crippen molar-refractivity contribution < 1.29 is 14.3 Å². The first-order valence-electron chi connectivity index (χ1n) is 8.11. The lowest BCUT2D eigenvalue weighted by Crippen LogP contribution is -2.39. The minimum Gasteiger partial charge on any atom is -0.459 e. The number of ether oxygens (including phenoxy) is 1. The molecule has 2 aromatic carbocycles. The largest absolute Gasteiger partial charge is 0.459 e. The van der Waals surface area contributed by atoms with E-state index in [0.717, 1.165) is 16.5 Å². The standard InChI is InChI=1S/C20H17ClN2O3/c1-13(23-19(24)16-9-2-3-10-17(16)21)20(25)26-12-15-7-4-6-14-8-5-11-22-18(14)15/h2-11,13H,12H2,1H3,(H,23,24)/t13-/m0/s1. The summed E-state index contributed by atoms with van der Waals surface area (Å²) in [7, 11) is 0. The lowest BCUT2D eigenvalue weighted by atomic mass is 10.1. The zero-order valence-electron chi connectivity index (χ0n) is 14.1. The molecule has 1 aromatic heterocycles. The second kappa shape index (κ2) is 7.97. The third-order valence-corrected chi connectivity index (χ3v) is 4.24. The van der Waals surface area contributed by atoms with E-state index < -0.39 is 17.9 Å². The highest BCUT2D eigenvalue weighted by atomic mass is 35.5. The Bertz CT molecular complexity index is 953. The van der Waals surface area contributed by atoms with Crippen LogP contribution >= 0.6 is 11.6 Å². The Labute approximate surface area is 156 Å². The number of fused-ring (bicyclic) bond motifs is 1. The monoisotopic (exact) mass is 368 g/mol. The Kier molecular flexibility index (Phi) is 5.49. The fraction of sp³-hybridized carbons (Fsp3) is 0.150. The number of halogens is 1. The maximum atomic E-state index is 12.2. The molecule has 0 radical (unpaired) electrons. The molecule has 0 aliphatic heterocycles. The van der Waals surface area contributed by atoms with Crippen molar-refractivity contribution in [3.05, 3.63) is 76.9 Å². The van der Waals surface area contributed by atoms with Crippen LogP contribution in [0.1, 0.15) is 22.8 Å². The fourth-order valence-corrected chi connectivity index (χ4v) is 2.76. The first kappa shape index (κ1) is 17.9. The van der Waals surface area contributed by atoms with E-state index in [4.69, 9.17) is 16.3 Å². The average Bonchev–Trinajstić information content (AvgIpc) is 2.66. The van der Waals surface area contributed by atoms with Gasteiger partial charge in [0, 0.05) is 17.1 Å². The molecular formula is C20H17ClN2O3. The summed E-state index contributed by atoms with van der Waals surface area (Å²) >= 11 is 5.99. The summed E-state index contributed by atoms with van der Waals surface area (Å²) in [6.45, 7) is 1.65. The zero-order valence-corrected chi connectivity index (χ0v) is 14.9. The van der Waals surface area contributed by atoms with Crippen molar-refractivity contribution >= 4 is 34.4 Å². The molecule has 0 spiro atoms. The highest BCUT2D eigenvalue weighted by Crippen LogP contribution is 2.17. The van der Waals surface area contributed by atoms with Crippen molar-refractivity contribution in [3.63, 3.8) is 0 Å². The van der Waals surface area contributed by atoms with Gasteiger partial charge in [0.05, 0.1) is 16.1 Å². The van der Waals surface area contributed by atoms with E-state index in [1.807, 2.05) is 30.3 Å². The van der Waals surface area contributed by atoms with Crippen molar-refractivity contribution in [3.8, 4) is 0 Å². The van der Waals surface area contributed by atoms with Gasteiger partial charge in [0.1, 0.15) is 12.6 Å². The van der Waals surface area contributed by atoms with Gasteiger partial charge in [-0.3, -0.25) is 9.78 Å². The number of carbonyl (C=O) groups is 2. The van der Waals surface area contributed by atoms with Gasteiger partial charge in [0.25, 0.3) is 5.91 Å². The number of carbonyl (C=O) groups excluding carboxylic acids is 2. The second-order valence-corrected chi connectivity index (χ2v) is 6.18. The van der Waals surface area contributed by atoms with Gasteiger partial charge in [-0.2, -0.15) is 0 Å². The SMILES string of the molecule is C[C@H](NC(=O)c1ccccc1Cl)C(=O)OCc1cccc2cccnc12. The van der Waals surface area contributed by atoms with Gasteiger partial charge in [-0.1, -0.05) is 48.0 Å². The molecule has 1 atom stereocenters. The maximum Gasteiger partial charge on any atom is 0.328 e. The molecule has 132 valence electrons. The smallest absolute Gasteiger partial charge is 0.328 e. The van der Waals surface area contributed by atoms with Gasteiger partial charge in [0.2, 0.25) is 0 Å². The fourth-order valence-electron chi connectivity index (χ4n) is 2.54. The van der Waals surface area contributed by atoms with E-state index in [1.54, 1.807) is 37.4 Å². The molecule has 1 amide bonds. The van der Waals surface area contributed by atoms with E-state index in [0.29, 0.717) is 10.6 Å². The van der Waals surface area contributed by atoms with Gasteiger partial charge in [-0.25, -0.2) is 4.79 Å². The molecule has 0 unspecified atom stereocenters. The molecule has 1 heterocycles. The zero-order chi connectivity index (χ0) is 18.5. The molecule has 5 nitrogen and oxygen atoms in total.